The molecular formula is C19H19ClN2O3. The summed E-state index contributed by atoms with van der Waals surface area (Å²) in [5, 5.41) is 3.10. The molecule has 0 aliphatic heterocycles. The smallest absolute Gasteiger partial charge is 0.312 e. The fraction of sp³-hybridized carbons (Fsp3) is 0.158. The molecule has 0 bridgehead atoms. The molecule has 0 spiro atoms. The maximum Gasteiger partial charge on any atom is 0.312 e. The van der Waals surface area contributed by atoms with E-state index < -0.39 is 18.0 Å². The van der Waals surface area contributed by atoms with Crippen LogP contribution in [-0.4, -0.2) is 18.6 Å². The van der Waals surface area contributed by atoms with Crippen LogP contribution >= 0.6 is 11.6 Å². The van der Waals surface area contributed by atoms with Gasteiger partial charge in [0.15, 0.2) is 0 Å². The molecule has 0 saturated carbocycles. The van der Waals surface area contributed by atoms with E-state index in [4.69, 9.17) is 22.1 Å². The number of nitrogens with two attached hydrogens (primary N) is 1. The van der Waals surface area contributed by atoms with E-state index in [9.17, 15) is 9.59 Å². The van der Waals surface area contributed by atoms with Crippen LogP contribution in [-0.2, 0) is 9.53 Å². The van der Waals surface area contributed by atoms with Gasteiger partial charge in [0.2, 0.25) is 0 Å². The normalized spacial score (nSPS) is 11.9. The third-order valence-electron chi connectivity index (χ3n) is 3.41. The molecule has 2 amide bonds. The Hall–Kier alpha value is -2.79. The number of benzene rings is 2. The number of nitrogens with one attached hydrogen (secondary N) is 1. The first-order valence-electron chi connectivity index (χ1n) is 7.73. The second kappa shape index (κ2) is 9.49. The molecule has 25 heavy (non-hydrogen) atoms. The molecule has 2 aromatic carbocycles. The molecule has 0 aromatic heterocycles. The average Bonchev–Trinajstić information content (AvgIpc) is 2.59. The van der Waals surface area contributed by atoms with Crippen molar-refractivity contribution < 1.29 is 14.3 Å². The van der Waals surface area contributed by atoms with Crippen LogP contribution < -0.4 is 11.1 Å². The molecule has 0 saturated heterocycles. The van der Waals surface area contributed by atoms with E-state index >= 15 is 0 Å². The van der Waals surface area contributed by atoms with Gasteiger partial charge in [0, 0.05) is 5.02 Å². The van der Waals surface area contributed by atoms with E-state index in [0.717, 1.165) is 11.1 Å². The van der Waals surface area contributed by atoms with Gasteiger partial charge in [-0.25, -0.2) is 4.79 Å². The minimum absolute atomic E-state index is 0.0241. The predicted molar refractivity (Wildman–Crippen MR) is 98.0 cm³/mol. The Morgan fingerprint density at radius 3 is 2.44 bits per heavy atom. The van der Waals surface area contributed by atoms with E-state index in [1.54, 1.807) is 30.3 Å². The lowest BCUT2D eigenvalue weighted by Gasteiger charge is -2.17. The minimum atomic E-state index is -0.711. The van der Waals surface area contributed by atoms with Crippen LogP contribution in [0.15, 0.2) is 60.7 Å². The Balaban J connectivity index is 1.89. The zero-order valence-corrected chi connectivity index (χ0v) is 14.3. The molecule has 0 aliphatic rings. The highest BCUT2D eigenvalue weighted by atomic mass is 35.5. The van der Waals surface area contributed by atoms with Crippen molar-refractivity contribution in [1.82, 2.24) is 5.32 Å². The molecule has 5 nitrogen and oxygen atoms in total. The summed E-state index contributed by atoms with van der Waals surface area (Å²) in [5.41, 5.74) is 6.93. The van der Waals surface area contributed by atoms with Crippen molar-refractivity contribution in [3.05, 3.63) is 76.8 Å². The van der Waals surface area contributed by atoms with E-state index in [-0.39, 0.29) is 13.0 Å². The lowest BCUT2D eigenvalue weighted by molar-refractivity contribution is -0.142. The van der Waals surface area contributed by atoms with E-state index in [0.29, 0.717) is 5.02 Å². The third kappa shape index (κ3) is 6.69. The molecule has 1 unspecified atom stereocenters. The average molecular weight is 359 g/mol. The Bertz CT molecular complexity index is 730. The first-order chi connectivity index (χ1) is 12.0. The number of urea groups is 1. The van der Waals surface area contributed by atoms with Crippen LogP contribution in [0, 0.1) is 0 Å². The summed E-state index contributed by atoms with van der Waals surface area (Å²) in [5.74, 6) is -0.439. The van der Waals surface area contributed by atoms with Crippen LogP contribution in [0.25, 0.3) is 6.08 Å². The molecular weight excluding hydrogens is 340 g/mol. The number of halogens is 1. The van der Waals surface area contributed by atoms with Gasteiger partial charge in [0.1, 0.15) is 6.61 Å². The standard InChI is InChI=1S/C19H19ClN2O3/c20-16-10-8-15(9-11-16)17(22-19(21)24)13-18(23)25-12-4-7-14-5-2-1-3-6-14/h1-11,17H,12-13H2,(H3,21,22,24)/b7-4+. The van der Waals surface area contributed by atoms with Gasteiger partial charge < -0.3 is 15.8 Å². The second-order valence-corrected chi connectivity index (χ2v) is 5.75. The summed E-state index contributed by atoms with van der Waals surface area (Å²) in [6.45, 7) is 0.150. The Morgan fingerprint density at radius 2 is 1.80 bits per heavy atom. The molecule has 3 N–H and O–H groups in total. The molecule has 2 aromatic rings. The van der Waals surface area contributed by atoms with Crippen molar-refractivity contribution >= 4 is 29.7 Å². The maximum atomic E-state index is 12.0. The van der Waals surface area contributed by atoms with Gasteiger partial charge in [-0.3, -0.25) is 4.79 Å². The SMILES string of the molecule is NC(=O)NC(CC(=O)OC/C=C/c1ccccc1)c1ccc(Cl)cc1. The van der Waals surface area contributed by atoms with Gasteiger partial charge >= 0.3 is 12.0 Å². The molecule has 2 rings (SSSR count). The number of amides is 2. The number of carbonyl (C=O) groups is 2. The van der Waals surface area contributed by atoms with E-state index in [1.807, 2.05) is 36.4 Å². The molecule has 6 heteroatoms. The van der Waals surface area contributed by atoms with Crippen molar-refractivity contribution in [3.63, 3.8) is 0 Å². The van der Waals surface area contributed by atoms with Crippen molar-refractivity contribution in [3.8, 4) is 0 Å². The van der Waals surface area contributed by atoms with Crippen molar-refractivity contribution in [1.29, 1.82) is 0 Å². The minimum Gasteiger partial charge on any atom is -0.461 e. The first kappa shape index (κ1) is 18.5. The molecule has 0 radical (unpaired) electrons. The highest BCUT2D eigenvalue weighted by Gasteiger charge is 2.18. The van der Waals surface area contributed by atoms with Crippen molar-refractivity contribution in [2.75, 3.05) is 6.61 Å². The van der Waals surface area contributed by atoms with Crippen LogP contribution in [0.2, 0.25) is 5.02 Å². The van der Waals surface area contributed by atoms with Crippen molar-refractivity contribution in [2.45, 2.75) is 12.5 Å². The Labute approximate surface area is 151 Å². The summed E-state index contributed by atoms with van der Waals surface area (Å²) < 4.78 is 5.18. The zero-order valence-electron chi connectivity index (χ0n) is 13.5. The first-order valence-corrected chi connectivity index (χ1v) is 8.11. The fourth-order valence-electron chi connectivity index (χ4n) is 2.23. The summed E-state index contributed by atoms with van der Waals surface area (Å²) >= 11 is 5.85. The lowest BCUT2D eigenvalue weighted by atomic mass is 10.0. The number of hydrogen-bond donors (Lipinski definition) is 2. The van der Waals surface area contributed by atoms with Crippen LogP contribution in [0.3, 0.4) is 0 Å². The topological polar surface area (TPSA) is 81.4 Å². The van der Waals surface area contributed by atoms with Crippen molar-refractivity contribution in [2.24, 2.45) is 5.73 Å². The molecule has 0 aliphatic carbocycles. The van der Waals surface area contributed by atoms with E-state index in [1.165, 1.54) is 0 Å². The Morgan fingerprint density at radius 1 is 1.12 bits per heavy atom. The third-order valence-corrected chi connectivity index (χ3v) is 3.66. The van der Waals surface area contributed by atoms with Gasteiger partial charge in [-0.15, -0.1) is 0 Å². The van der Waals surface area contributed by atoms with Gasteiger partial charge in [0.05, 0.1) is 12.5 Å². The summed E-state index contributed by atoms with van der Waals surface area (Å²) in [6, 6.07) is 15.2. The monoisotopic (exact) mass is 358 g/mol. The second-order valence-electron chi connectivity index (χ2n) is 5.31. The highest BCUT2D eigenvalue weighted by Crippen LogP contribution is 2.20. The van der Waals surface area contributed by atoms with Crippen LogP contribution in [0.1, 0.15) is 23.6 Å². The Kier molecular flexibility index (Phi) is 7.04. The summed E-state index contributed by atoms with van der Waals surface area (Å²) in [7, 11) is 0. The van der Waals surface area contributed by atoms with Gasteiger partial charge in [-0.05, 0) is 29.3 Å². The molecule has 130 valence electrons. The largest absolute Gasteiger partial charge is 0.461 e. The maximum absolute atomic E-state index is 12.0. The number of carbonyl (C=O) groups excluding carboxylic acids is 2. The number of hydrogen-bond acceptors (Lipinski definition) is 3. The molecule has 0 fully saturated rings. The van der Waals surface area contributed by atoms with Crippen LogP contribution in [0.5, 0.6) is 0 Å². The lowest BCUT2D eigenvalue weighted by Crippen LogP contribution is -2.34. The predicted octanol–water partition coefficient (Wildman–Crippen LogP) is 3.70. The van der Waals surface area contributed by atoms with E-state index in [2.05, 4.69) is 5.32 Å². The quantitative estimate of drug-likeness (QED) is 0.740. The van der Waals surface area contributed by atoms with Crippen LogP contribution in [0.4, 0.5) is 4.79 Å². The molecule has 1 atom stereocenters. The fourth-order valence-corrected chi connectivity index (χ4v) is 2.36. The molecule has 0 heterocycles. The number of esters is 1. The number of ether oxygens (including phenoxy) is 1. The highest BCUT2D eigenvalue weighted by molar-refractivity contribution is 6.30. The van der Waals surface area contributed by atoms with Gasteiger partial charge in [-0.2, -0.15) is 0 Å². The van der Waals surface area contributed by atoms with Gasteiger partial charge in [0.25, 0.3) is 0 Å². The zero-order chi connectivity index (χ0) is 18.1. The summed E-state index contributed by atoms with van der Waals surface area (Å²) in [4.78, 5) is 23.2. The number of rotatable bonds is 7. The number of primary amides is 1. The van der Waals surface area contributed by atoms with Gasteiger partial charge in [-0.1, -0.05) is 60.1 Å². The summed E-state index contributed by atoms with van der Waals surface area (Å²) in [6.07, 6.45) is 3.60.